The van der Waals surface area contributed by atoms with E-state index in [0.717, 1.165) is 25.7 Å². The van der Waals surface area contributed by atoms with Gasteiger partial charge in [-0.15, -0.1) is 0 Å². The maximum Gasteiger partial charge on any atom is 0.206 e. The van der Waals surface area contributed by atoms with Crippen molar-refractivity contribution in [2.75, 3.05) is 4.90 Å². The smallest absolute Gasteiger partial charge is 0.206 e. The largest absolute Gasteiger partial charge is 0.361 e. The summed E-state index contributed by atoms with van der Waals surface area (Å²) in [4.78, 5) is 14.0. The molecule has 1 aromatic carbocycles. The van der Waals surface area contributed by atoms with Gasteiger partial charge in [-0.1, -0.05) is 18.2 Å². The molecule has 2 saturated heterocycles. The predicted molar refractivity (Wildman–Crippen MR) is 124 cm³/mol. The summed E-state index contributed by atoms with van der Waals surface area (Å²) in [5, 5.41) is 3.66. The number of nitrogens with one attached hydrogen (secondary N) is 1. The van der Waals surface area contributed by atoms with Crippen molar-refractivity contribution in [2.45, 2.75) is 115 Å². The van der Waals surface area contributed by atoms with Crippen LogP contribution in [0.1, 0.15) is 81.1 Å². The van der Waals surface area contributed by atoms with Crippen LogP contribution in [0.5, 0.6) is 0 Å². The van der Waals surface area contributed by atoms with Crippen LogP contribution in [0.3, 0.4) is 0 Å². The minimum absolute atomic E-state index is 0.124. The molecule has 0 radical (unpaired) electrons. The molecule has 29 heavy (non-hydrogen) atoms. The fourth-order valence-corrected chi connectivity index (χ4v) is 10.0. The highest BCUT2D eigenvalue weighted by Gasteiger charge is 2.54. The van der Waals surface area contributed by atoms with Gasteiger partial charge in [-0.3, -0.25) is 4.57 Å². The molecule has 1 unspecified atom stereocenters. The Hall–Kier alpha value is -0.830. The van der Waals surface area contributed by atoms with E-state index in [9.17, 15) is 9.46 Å². The molecule has 2 fully saturated rings. The average Bonchev–Trinajstić information content (AvgIpc) is 2.50. The van der Waals surface area contributed by atoms with E-state index >= 15 is 0 Å². The number of hydrogen-bond donors (Lipinski definition) is 2. The van der Waals surface area contributed by atoms with Gasteiger partial charge in [0.05, 0.1) is 0 Å². The molecule has 0 bridgehead atoms. The summed E-state index contributed by atoms with van der Waals surface area (Å²) in [5.74, 6) is 0. The fraction of sp³-hybridized carbons (Fsp3) is 0.750. The zero-order chi connectivity index (χ0) is 21.9. The van der Waals surface area contributed by atoms with Crippen molar-refractivity contribution in [1.29, 1.82) is 0 Å². The molecule has 4 nitrogen and oxygen atoms in total. The van der Waals surface area contributed by atoms with Gasteiger partial charge < -0.3 is 15.1 Å². The highest BCUT2D eigenvalue weighted by Crippen LogP contribution is 2.63. The summed E-state index contributed by atoms with van der Waals surface area (Å²) >= 11 is 0. The summed E-state index contributed by atoms with van der Waals surface area (Å²) in [7, 11) is -3.35. The number of benzene rings is 1. The molecule has 2 aliphatic heterocycles. The Balaban J connectivity index is 1.92. The second-order valence-corrected chi connectivity index (χ2v) is 14.8. The zero-order valence-corrected chi connectivity index (χ0v) is 20.5. The van der Waals surface area contributed by atoms with E-state index in [0.29, 0.717) is 0 Å². The first kappa shape index (κ1) is 22.8. The van der Waals surface area contributed by atoms with Gasteiger partial charge >= 0.3 is 0 Å². The first-order valence-corrected chi connectivity index (χ1v) is 12.8. The summed E-state index contributed by atoms with van der Waals surface area (Å²) in [6.07, 6.45) is 2.99. The van der Waals surface area contributed by atoms with Gasteiger partial charge in [0, 0.05) is 39.2 Å². The maximum atomic E-state index is 14.0. The predicted octanol–water partition coefficient (Wildman–Crippen LogP) is 5.79. The summed E-state index contributed by atoms with van der Waals surface area (Å²) in [6, 6.07) is 10.5. The molecule has 0 saturated carbocycles. The average molecular weight is 421 g/mol. The van der Waals surface area contributed by atoms with E-state index in [4.69, 9.17) is 0 Å². The molecule has 5 heteroatoms. The van der Waals surface area contributed by atoms with Crippen molar-refractivity contribution in [3.63, 3.8) is 0 Å². The quantitative estimate of drug-likeness (QED) is 0.608. The van der Waals surface area contributed by atoms with Gasteiger partial charge in [0.15, 0.2) is 0 Å². The van der Waals surface area contributed by atoms with Gasteiger partial charge in [-0.2, -0.15) is 0 Å². The van der Waals surface area contributed by atoms with Gasteiger partial charge in [0.2, 0.25) is 7.37 Å². The monoisotopic (exact) mass is 420 g/mol. The number of hydrogen-bond acceptors (Lipinski definition) is 3. The van der Waals surface area contributed by atoms with Crippen LogP contribution in [0.4, 0.5) is 5.69 Å². The molecule has 2 heterocycles. The van der Waals surface area contributed by atoms with Crippen LogP contribution in [0.15, 0.2) is 30.3 Å². The molecule has 1 atom stereocenters. The first-order chi connectivity index (χ1) is 13.1. The second-order valence-electron chi connectivity index (χ2n) is 12.0. The molecule has 1 aromatic rings. The SMILES string of the molecule is CC1(C)CC(P(=O)(O)C2CC(C)(C)N(c3ccccc3)C(C)(C)C2)CC(C)(C)N1. The molecular formula is C24H41N2O2P. The summed E-state index contributed by atoms with van der Waals surface area (Å²) < 4.78 is 14.0. The maximum absolute atomic E-state index is 14.0. The minimum atomic E-state index is -3.35. The number of para-hydroxylation sites is 1. The van der Waals surface area contributed by atoms with Crippen molar-refractivity contribution in [3.8, 4) is 0 Å². The van der Waals surface area contributed by atoms with Crippen LogP contribution >= 0.6 is 7.37 Å². The normalized spacial score (nSPS) is 28.7. The zero-order valence-electron chi connectivity index (χ0n) is 19.6. The number of anilines is 1. The molecule has 0 spiro atoms. The van der Waals surface area contributed by atoms with Gasteiger partial charge in [0.25, 0.3) is 0 Å². The Morgan fingerprint density at radius 3 is 1.69 bits per heavy atom. The Bertz CT molecular complexity index is 751. The Labute approximate surface area is 177 Å². The van der Waals surface area contributed by atoms with Crippen LogP contribution in [-0.4, -0.2) is 38.4 Å². The Kier molecular flexibility index (Phi) is 5.60. The summed E-state index contributed by atoms with van der Waals surface area (Å²) in [5.41, 5.74) is 0.253. The van der Waals surface area contributed by atoms with E-state index in [1.165, 1.54) is 5.69 Å². The second kappa shape index (κ2) is 7.11. The van der Waals surface area contributed by atoms with Crippen LogP contribution in [0.25, 0.3) is 0 Å². The minimum Gasteiger partial charge on any atom is -0.361 e. The molecule has 164 valence electrons. The van der Waals surface area contributed by atoms with E-state index in [1.54, 1.807) is 0 Å². The molecule has 3 rings (SSSR count). The molecule has 0 amide bonds. The van der Waals surface area contributed by atoms with E-state index < -0.39 is 7.37 Å². The van der Waals surface area contributed by atoms with Crippen molar-refractivity contribution in [3.05, 3.63) is 30.3 Å². The van der Waals surface area contributed by atoms with Crippen LogP contribution < -0.4 is 10.2 Å². The fourth-order valence-electron chi connectivity index (χ4n) is 6.59. The van der Waals surface area contributed by atoms with Crippen LogP contribution in [0, 0.1) is 0 Å². The van der Waals surface area contributed by atoms with Crippen LogP contribution in [-0.2, 0) is 4.57 Å². The first-order valence-electron chi connectivity index (χ1n) is 11.0. The van der Waals surface area contributed by atoms with E-state index in [1.807, 2.05) is 6.07 Å². The topological polar surface area (TPSA) is 52.6 Å². The summed E-state index contributed by atoms with van der Waals surface area (Å²) in [6.45, 7) is 17.5. The highest BCUT2D eigenvalue weighted by atomic mass is 31.2. The van der Waals surface area contributed by atoms with E-state index in [2.05, 4.69) is 89.9 Å². The Morgan fingerprint density at radius 1 is 0.828 bits per heavy atom. The van der Waals surface area contributed by atoms with Crippen molar-refractivity contribution < 1.29 is 9.46 Å². The third-order valence-corrected chi connectivity index (χ3v) is 9.73. The third kappa shape index (κ3) is 4.60. The lowest BCUT2D eigenvalue weighted by Gasteiger charge is -2.58. The standard InChI is InChI=1S/C24H41N2O2P/c1-21(2)14-19(15-22(3,4)25-21)29(27,28)20-16-23(5,6)26(24(7,8)17-20)18-12-10-9-11-13-18/h9-13,19-20,25H,14-17H2,1-8H3,(H,27,28). The lowest BCUT2D eigenvalue weighted by molar-refractivity contribution is 0.175. The third-order valence-electron chi connectivity index (χ3n) is 6.91. The molecule has 0 aromatic heterocycles. The van der Waals surface area contributed by atoms with Gasteiger partial charge in [0.1, 0.15) is 0 Å². The lowest BCUT2D eigenvalue weighted by atomic mass is 9.79. The molecule has 0 aliphatic carbocycles. The number of rotatable bonds is 3. The van der Waals surface area contributed by atoms with Crippen LogP contribution in [0.2, 0.25) is 0 Å². The van der Waals surface area contributed by atoms with Gasteiger partial charge in [-0.25, -0.2) is 0 Å². The lowest BCUT2D eigenvalue weighted by Crippen LogP contribution is -2.63. The number of piperidine rings is 2. The van der Waals surface area contributed by atoms with Crippen molar-refractivity contribution in [2.24, 2.45) is 0 Å². The molecule has 2 aliphatic rings. The number of nitrogens with zero attached hydrogens (tertiary/aromatic N) is 1. The molecule has 2 N–H and O–H groups in total. The van der Waals surface area contributed by atoms with Crippen molar-refractivity contribution in [1.82, 2.24) is 5.32 Å². The van der Waals surface area contributed by atoms with E-state index in [-0.39, 0.29) is 33.5 Å². The molecular weight excluding hydrogens is 379 g/mol. The van der Waals surface area contributed by atoms with Gasteiger partial charge in [-0.05, 0) is 93.2 Å². The highest BCUT2D eigenvalue weighted by molar-refractivity contribution is 7.59. The Morgan fingerprint density at radius 2 is 1.24 bits per heavy atom. The van der Waals surface area contributed by atoms with Crippen molar-refractivity contribution >= 4 is 13.1 Å².